The van der Waals surface area contributed by atoms with Crippen LogP contribution in [0.5, 0.6) is 0 Å². The summed E-state index contributed by atoms with van der Waals surface area (Å²) >= 11 is -0.751. The zero-order valence-corrected chi connectivity index (χ0v) is 21.9. The van der Waals surface area contributed by atoms with Crippen LogP contribution >= 0.6 is 0 Å². The molecule has 0 aliphatic heterocycles. The van der Waals surface area contributed by atoms with Crippen LogP contribution in [-0.2, 0) is 36.1 Å². The smallest absolute Gasteiger partial charge is 1.00 e. The van der Waals surface area contributed by atoms with Gasteiger partial charge in [-0.15, -0.1) is 0 Å². The summed E-state index contributed by atoms with van der Waals surface area (Å²) < 4.78 is 0.730. The fourth-order valence-corrected chi connectivity index (χ4v) is 9.92. The Kier molecular flexibility index (Phi) is 10.8. The first-order chi connectivity index (χ1) is 14.3. The molecule has 2 aliphatic carbocycles. The largest absolute Gasteiger partial charge is 1.00 e. The van der Waals surface area contributed by atoms with Crippen LogP contribution < -0.4 is 24.8 Å². The fourth-order valence-electron chi connectivity index (χ4n) is 4.54. The Labute approximate surface area is 212 Å². The van der Waals surface area contributed by atoms with Gasteiger partial charge < -0.3 is 24.8 Å². The van der Waals surface area contributed by atoms with Gasteiger partial charge in [0.25, 0.3) is 0 Å². The predicted molar refractivity (Wildman–Crippen MR) is 121 cm³/mol. The van der Waals surface area contributed by atoms with Crippen LogP contribution in [0.3, 0.4) is 0 Å². The van der Waals surface area contributed by atoms with Crippen molar-refractivity contribution >= 4 is 0 Å². The molecule has 4 rings (SSSR count). The second-order valence-corrected chi connectivity index (χ2v) is 13.5. The van der Waals surface area contributed by atoms with Crippen molar-refractivity contribution in [2.75, 3.05) is 0 Å². The average molecular weight is 529 g/mol. The number of hydrogen-bond donors (Lipinski definition) is 0. The van der Waals surface area contributed by atoms with Crippen molar-refractivity contribution in [3.63, 3.8) is 0 Å². The number of benzene rings is 2. The van der Waals surface area contributed by atoms with Crippen molar-refractivity contribution in [1.82, 2.24) is 0 Å². The Morgan fingerprint density at radius 3 is 1.23 bits per heavy atom. The van der Waals surface area contributed by atoms with Crippen molar-refractivity contribution in [3.05, 3.63) is 120 Å². The van der Waals surface area contributed by atoms with Gasteiger partial charge in [0, 0.05) is 0 Å². The van der Waals surface area contributed by atoms with Gasteiger partial charge in [-0.1, -0.05) is 0 Å². The molecule has 0 fully saturated rings. The Morgan fingerprint density at radius 2 is 0.871 bits per heavy atom. The van der Waals surface area contributed by atoms with Gasteiger partial charge in [0.1, 0.15) is 0 Å². The van der Waals surface area contributed by atoms with E-state index in [0.29, 0.717) is 6.25 Å². The number of rotatable bonds is 10. The van der Waals surface area contributed by atoms with Gasteiger partial charge in [-0.3, -0.25) is 0 Å². The Hall–Kier alpha value is -1.14. The maximum atomic E-state index is 2.53. The van der Waals surface area contributed by atoms with Gasteiger partial charge >= 0.3 is 188 Å². The van der Waals surface area contributed by atoms with E-state index >= 15 is 0 Å². The second kappa shape index (κ2) is 12.8. The first kappa shape index (κ1) is 26.1. The molecule has 0 spiro atoms. The van der Waals surface area contributed by atoms with Gasteiger partial charge in [-0.25, -0.2) is 0 Å². The van der Waals surface area contributed by atoms with Crippen LogP contribution in [0.2, 0.25) is 6.25 Å². The molecule has 160 valence electrons. The first-order valence-electron chi connectivity index (χ1n) is 10.9. The molecule has 31 heavy (non-hydrogen) atoms. The fraction of sp³-hybridized carbons (Fsp3) is 0.286. The van der Waals surface area contributed by atoms with Crippen molar-refractivity contribution in [2.45, 2.75) is 44.8 Å². The third-order valence-corrected chi connectivity index (χ3v) is 11.2. The number of allylic oxidation sites excluding steroid dienone is 8. The molecule has 0 atom stereocenters. The van der Waals surface area contributed by atoms with Crippen molar-refractivity contribution < 1.29 is 48.0 Å². The molecule has 0 bridgehead atoms. The van der Waals surface area contributed by atoms with E-state index in [0.717, 1.165) is 0 Å². The summed E-state index contributed by atoms with van der Waals surface area (Å²) in [7, 11) is 0. The van der Waals surface area contributed by atoms with E-state index in [1.807, 2.05) is 0 Å². The topological polar surface area (TPSA) is 0 Å². The van der Waals surface area contributed by atoms with Crippen LogP contribution in [-0.4, -0.2) is 0 Å². The molecule has 0 unspecified atom stereocenters. The maximum absolute atomic E-state index is 2.53. The Bertz CT molecular complexity index is 798. The maximum Gasteiger partial charge on any atom is -1.00 e. The quantitative estimate of drug-likeness (QED) is 0.441. The van der Waals surface area contributed by atoms with Crippen LogP contribution in [0.1, 0.15) is 36.8 Å². The summed E-state index contributed by atoms with van der Waals surface area (Å²) in [6, 6.07) is 21.9. The van der Waals surface area contributed by atoms with E-state index in [-0.39, 0.29) is 24.8 Å². The first-order valence-corrected chi connectivity index (χ1v) is 13.3. The minimum absolute atomic E-state index is 0. The number of aryl methyl sites for hydroxylation is 2. The normalized spacial score (nSPS) is 16.5. The summed E-state index contributed by atoms with van der Waals surface area (Å²) in [5.41, 5.74) is 2.94. The summed E-state index contributed by atoms with van der Waals surface area (Å²) in [4.78, 5) is 0. The molecular formula is C28H30Cl2Zr. The molecule has 2 aromatic carbocycles. The molecule has 0 saturated heterocycles. The summed E-state index contributed by atoms with van der Waals surface area (Å²) in [5.74, 6) is 0. The van der Waals surface area contributed by atoms with E-state index in [2.05, 4.69) is 109 Å². The molecule has 0 heterocycles. The molecule has 2 aromatic rings. The van der Waals surface area contributed by atoms with Crippen molar-refractivity contribution in [1.29, 1.82) is 0 Å². The van der Waals surface area contributed by atoms with Crippen LogP contribution in [0.15, 0.2) is 109 Å². The minimum Gasteiger partial charge on any atom is -1.00 e. The third kappa shape index (κ3) is 7.45. The summed E-state index contributed by atoms with van der Waals surface area (Å²) in [6.45, 7) is 0. The zero-order valence-electron chi connectivity index (χ0n) is 17.9. The van der Waals surface area contributed by atoms with Gasteiger partial charge in [-0.05, 0) is 0 Å². The minimum atomic E-state index is -0.751. The van der Waals surface area contributed by atoms with Crippen LogP contribution in [0, 0.1) is 0 Å². The molecule has 0 radical (unpaired) electrons. The second-order valence-electron chi connectivity index (χ2n) is 8.32. The van der Waals surface area contributed by atoms with Gasteiger partial charge in [0.15, 0.2) is 0 Å². The van der Waals surface area contributed by atoms with Gasteiger partial charge in [-0.2, -0.15) is 0 Å². The Balaban J connectivity index is 0.00000171. The van der Waals surface area contributed by atoms with Crippen LogP contribution in [0.25, 0.3) is 0 Å². The van der Waals surface area contributed by atoms with Gasteiger partial charge in [0.05, 0.1) is 0 Å². The van der Waals surface area contributed by atoms with E-state index in [4.69, 9.17) is 0 Å². The van der Waals surface area contributed by atoms with Gasteiger partial charge in [0.2, 0.25) is 0 Å². The Morgan fingerprint density at radius 1 is 0.516 bits per heavy atom. The summed E-state index contributed by atoms with van der Waals surface area (Å²) in [5, 5.41) is 0. The third-order valence-electron chi connectivity index (χ3n) is 6.06. The van der Waals surface area contributed by atoms with E-state index in [9.17, 15) is 0 Å². The molecular weight excluding hydrogens is 498 g/mol. The molecule has 0 aromatic heterocycles. The number of halogens is 2. The van der Waals surface area contributed by atoms with E-state index < -0.39 is 23.2 Å². The zero-order chi connectivity index (χ0) is 19.8. The average Bonchev–Trinajstić information content (AvgIpc) is 3.40. The van der Waals surface area contributed by atoms with E-state index in [1.165, 1.54) is 49.7 Å². The van der Waals surface area contributed by atoms with Crippen LogP contribution in [0.4, 0.5) is 0 Å². The van der Waals surface area contributed by atoms with Crippen molar-refractivity contribution in [3.8, 4) is 0 Å². The molecule has 0 N–H and O–H groups in total. The summed E-state index contributed by atoms with van der Waals surface area (Å²) in [6.07, 6.45) is 26.8. The predicted octanol–water partition coefficient (Wildman–Crippen LogP) is 1.69. The standard InChI is InChI=1S/2C14H15.2ClH.Zr/c2*1-2-7-13(8-3-1)11-6-12-14-9-4-5-10-14;;;/h2*1-5,7-10H,6,11-12H2;2*1H;/q;;;;+2/p-2. The molecule has 0 amide bonds. The molecule has 2 aliphatic rings. The molecule has 3 heteroatoms. The molecule has 0 saturated carbocycles. The monoisotopic (exact) mass is 526 g/mol. The SMILES string of the molecule is C1=C[C](CCCc2ccccc2)([Zr+2][C]2(CCCc3ccccc3)C=CC=C2)C=C1.[Cl-].[Cl-]. The van der Waals surface area contributed by atoms with Crippen molar-refractivity contribution in [2.24, 2.45) is 0 Å². The van der Waals surface area contributed by atoms with E-state index in [1.54, 1.807) is 0 Å². The molecule has 0 nitrogen and oxygen atoms in total. The number of hydrogen-bond acceptors (Lipinski definition) is 0.